The summed E-state index contributed by atoms with van der Waals surface area (Å²) in [5.41, 5.74) is 2.38. The number of ether oxygens (including phenoxy) is 1. The smallest absolute Gasteiger partial charge is 0.121 e. The van der Waals surface area contributed by atoms with E-state index in [2.05, 4.69) is 45.5 Å². The minimum Gasteiger partial charge on any atom is -0.489 e. The van der Waals surface area contributed by atoms with Crippen LogP contribution in [0.2, 0.25) is 0 Å². The van der Waals surface area contributed by atoms with Crippen LogP contribution in [0.15, 0.2) is 53.0 Å². The van der Waals surface area contributed by atoms with Gasteiger partial charge in [-0.25, -0.2) is 0 Å². The molecule has 0 spiro atoms. The van der Waals surface area contributed by atoms with Crippen LogP contribution in [0, 0.1) is 0 Å². The third kappa shape index (κ3) is 3.86. The Hall–Kier alpha value is -1.32. The second-order valence-corrected chi connectivity index (χ2v) is 5.02. The quantitative estimate of drug-likeness (QED) is 0.908. The number of rotatable bonds is 5. The Labute approximate surface area is 116 Å². The summed E-state index contributed by atoms with van der Waals surface area (Å²) in [6.45, 7) is 1.43. The molecule has 0 heterocycles. The van der Waals surface area contributed by atoms with Crippen LogP contribution in [-0.4, -0.2) is 7.05 Å². The van der Waals surface area contributed by atoms with Gasteiger partial charge in [0.2, 0.25) is 0 Å². The van der Waals surface area contributed by atoms with Gasteiger partial charge >= 0.3 is 0 Å². The number of hydrogen-bond donors (Lipinski definition) is 1. The van der Waals surface area contributed by atoms with Gasteiger partial charge in [0.05, 0.1) is 0 Å². The summed E-state index contributed by atoms with van der Waals surface area (Å²) in [7, 11) is 1.94. The molecule has 0 saturated heterocycles. The Balaban J connectivity index is 2.05. The van der Waals surface area contributed by atoms with Crippen LogP contribution in [0.1, 0.15) is 11.1 Å². The van der Waals surface area contributed by atoms with Crippen molar-refractivity contribution in [3.8, 4) is 5.75 Å². The van der Waals surface area contributed by atoms with Crippen molar-refractivity contribution in [2.45, 2.75) is 13.2 Å². The molecule has 2 aromatic rings. The minimum absolute atomic E-state index is 0.594. The van der Waals surface area contributed by atoms with E-state index in [1.165, 1.54) is 11.1 Å². The van der Waals surface area contributed by atoms with E-state index < -0.39 is 0 Å². The number of hydrogen-bond acceptors (Lipinski definition) is 2. The van der Waals surface area contributed by atoms with Crippen molar-refractivity contribution in [3.63, 3.8) is 0 Å². The van der Waals surface area contributed by atoms with Gasteiger partial charge in [-0.05, 0) is 36.4 Å². The molecule has 0 bridgehead atoms. The molecule has 0 aliphatic heterocycles. The molecule has 3 heteroatoms. The predicted molar refractivity (Wildman–Crippen MR) is 77.7 cm³/mol. The average Bonchev–Trinajstić information content (AvgIpc) is 2.37. The lowest BCUT2D eigenvalue weighted by Crippen LogP contribution is -2.05. The Kier molecular flexibility index (Phi) is 4.79. The van der Waals surface area contributed by atoms with Crippen molar-refractivity contribution < 1.29 is 4.74 Å². The Morgan fingerprint density at radius 1 is 1.06 bits per heavy atom. The van der Waals surface area contributed by atoms with Gasteiger partial charge in [0, 0.05) is 11.0 Å². The van der Waals surface area contributed by atoms with Crippen molar-refractivity contribution in [2.75, 3.05) is 7.05 Å². The van der Waals surface area contributed by atoms with Crippen LogP contribution in [0.4, 0.5) is 0 Å². The number of halogens is 1. The monoisotopic (exact) mass is 305 g/mol. The van der Waals surface area contributed by atoms with Crippen LogP contribution < -0.4 is 10.1 Å². The molecule has 18 heavy (non-hydrogen) atoms. The van der Waals surface area contributed by atoms with Crippen molar-refractivity contribution in [3.05, 3.63) is 64.1 Å². The van der Waals surface area contributed by atoms with Crippen molar-refractivity contribution in [1.29, 1.82) is 0 Å². The zero-order valence-corrected chi connectivity index (χ0v) is 11.9. The lowest BCUT2D eigenvalue weighted by Gasteiger charge is -2.09. The first-order chi connectivity index (χ1) is 8.78. The van der Waals surface area contributed by atoms with Gasteiger partial charge in [0.15, 0.2) is 0 Å². The summed E-state index contributed by atoms with van der Waals surface area (Å²) in [5, 5.41) is 3.14. The fraction of sp³-hybridized carbons (Fsp3) is 0.200. The molecule has 0 atom stereocenters. The highest BCUT2D eigenvalue weighted by Gasteiger charge is 2.01. The molecule has 1 N–H and O–H groups in total. The van der Waals surface area contributed by atoms with Crippen LogP contribution in [0.3, 0.4) is 0 Å². The molecule has 0 aromatic heterocycles. The fourth-order valence-corrected chi connectivity index (χ4v) is 2.27. The summed E-state index contributed by atoms with van der Waals surface area (Å²) in [5.74, 6) is 0.887. The first-order valence-electron chi connectivity index (χ1n) is 5.89. The van der Waals surface area contributed by atoms with Crippen LogP contribution in [-0.2, 0) is 13.2 Å². The summed E-state index contributed by atoms with van der Waals surface area (Å²) in [6, 6.07) is 16.3. The molecule has 0 fully saturated rings. The Morgan fingerprint density at radius 2 is 1.83 bits per heavy atom. The molecule has 2 aromatic carbocycles. The normalized spacial score (nSPS) is 10.3. The standard InChI is InChI=1S/C15H16BrNO/c1-17-10-13-7-14(16)9-15(8-13)18-11-12-5-3-2-4-6-12/h2-9,17H,10-11H2,1H3. The number of benzene rings is 2. The third-order valence-corrected chi connectivity index (χ3v) is 3.02. The Morgan fingerprint density at radius 3 is 2.56 bits per heavy atom. The molecule has 0 amide bonds. The fourth-order valence-electron chi connectivity index (χ4n) is 1.75. The summed E-state index contributed by atoms with van der Waals surface area (Å²) in [4.78, 5) is 0. The van der Waals surface area contributed by atoms with Gasteiger partial charge in [0.25, 0.3) is 0 Å². The van der Waals surface area contributed by atoms with Crippen molar-refractivity contribution in [2.24, 2.45) is 0 Å². The highest BCUT2D eigenvalue weighted by molar-refractivity contribution is 9.10. The van der Waals surface area contributed by atoms with Crippen LogP contribution in [0.5, 0.6) is 5.75 Å². The van der Waals surface area contributed by atoms with E-state index in [-0.39, 0.29) is 0 Å². The maximum atomic E-state index is 5.80. The van der Waals surface area contributed by atoms with E-state index in [0.717, 1.165) is 16.8 Å². The number of nitrogens with one attached hydrogen (secondary N) is 1. The van der Waals surface area contributed by atoms with Crippen molar-refractivity contribution in [1.82, 2.24) is 5.32 Å². The largest absolute Gasteiger partial charge is 0.489 e. The van der Waals surface area contributed by atoms with E-state index in [0.29, 0.717) is 6.61 Å². The topological polar surface area (TPSA) is 21.3 Å². The highest BCUT2D eigenvalue weighted by atomic mass is 79.9. The van der Waals surface area contributed by atoms with Crippen molar-refractivity contribution >= 4 is 15.9 Å². The van der Waals surface area contributed by atoms with Gasteiger partial charge < -0.3 is 10.1 Å². The molecule has 94 valence electrons. The molecular formula is C15H16BrNO. The zero-order valence-electron chi connectivity index (χ0n) is 10.3. The Bertz CT molecular complexity index is 499. The highest BCUT2D eigenvalue weighted by Crippen LogP contribution is 2.22. The maximum Gasteiger partial charge on any atom is 0.121 e. The first kappa shape index (κ1) is 13.1. The van der Waals surface area contributed by atoms with Gasteiger partial charge in [0.1, 0.15) is 12.4 Å². The minimum atomic E-state index is 0.594. The molecule has 0 unspecified atom stereocenters. The molecule has 0 radical (unpaired) electrons. The molecule has 0 saturated carbocycles. The van der Waals surface area contributed by atoms with Gasteiger partial charge in [-0.15, -0.1) is 0 Å². The zero-order chi connectivity index (χ0) is 12.8. The van der Waals surface area contributed by atoms with E-state index in [1.54, 1.807) is 0 Å². The molecule has 0 aliphatic rings. The van der Waals surface area contributed by atoms with Crippen LogP contribution in [0.25, 0.3) is 0 Å². The van der Waals surface area contributed by atoms with Gasteiger partial charge in [-0.3, -0.25) is 0 Å². The lowest BCUT2D eigenvalue weighted by atomic mass is 10.2. The second kappa shape index (κ2) is 6.57. The summed E-state index contributed by atoms with van der Waals surface area (Å²) in [6.07, 6.45) is 0. The van der Waals surface area contributed by atoms with Gasteiger partial charge in [-0.2, -0.15) is 0 Å². The van der Waals surface area contributed by atoms with Crippen LogP contribution >= 0.6 is 15.9 Å². The van der Waals surface area contributed by atoms with E-state index >= 15 is 0 Å². The average molecular weight is 306 g/mol. The third-order valence-electron chi connectivity index (χ3n) is 2.56. The molecular weight excluding hydrogens is 290 g/mol. The first-order valence-corrected chi connectivity index (χ1v) is 6.68. The SMILES string of the molecule is CNCc1cc(Br)cc(OCc2ccccc2)c1. The van der Waals surface area contributed by atoms with E-state index in [1.807, 2.05) is 31.3 Å². The second-order valence-electron chi connectivity index (χ2n) is 4.10. The summed E-state index contributed by atoms with van der Waals surface area (Å²) >= 11 is 3.50. The van der Waals surface area contributed by atoms with E-state index in [9.17, 15) is 0 Å². The summed E-state index contributed by atoms with van der Waals surface area (Å²) < 4.78 is 6.84. The van der Waals surface area contributed by atoms with Gasteiger partial charge in [-0.1, -0.05) is 46.3 Å². The maximum absolute atomic E-state index is 5.80. The molecule has 0 aliphatic carbocycles. The van der Waals surface area contributed by atoms with E-state index in [4.69, 9.17) is 4.74 Å². The predicted octanol–water partition coefficient (Wildman–Crippen LogP) is 3.75. The molecule has 2 rings (SSSR count). The molecule has 2 nitrogen and oxygen atoms in total. The lowest BCUT2D eigenvalue weighted by molar-refractivity contribution is 0.305.